The number of halogens is 1. The second kappa shape index (κ2) is 7.27. The molecule has 1 aliphatic rings. The Bertz CT molecular complexity index is 382. The van der Waals surface area contributed by atoms with Crippen LogP contribution in [0.15, 0.2) is 28.7 Å². The van der Waals surface area contributed by atoms with Crippen LogP contribution in [0.25, 0.3) is 0 Å². The van der Waals surface area contributed by atoms with Crippen molar-refractivity contribution < 1.29 is 4.74 Å². The summed E-state index contributed by atoms with van der Waals surface area (Å²) >= 11 is 3.43. The van der Waals surface area contributed by atoms with Crippen molar-refractivity contribution in [1.82, 2.24) is 9.80 Å². The molecule has 1 atom stereocenters. The number of hydrogen-bond donors (Lipinski definition) is 0. The van der Waals surface area contributed by atoms with Crippen LogP contribution in [0.2, 0.25) is 0 Å². The van der Waals surface area contributed by atoms with Gasteiger partial charge >= 0.3 is 0 Å². The molecular weight excluding hydrogens is 304 g/mol. The average molecular weight is 327 g/mol. The molecule has 2 rings (SSSR count). The van der Waals surface area contributed by atoms with Crippen LogP contribution in [0.3, 0.4) is 0 Å². The summed E-state index contributed by atoms with van der Waals surface area (Å²) in [5, 5.41) is 0. The Kier molecular flexibility index (Phi) is 5.67. The van der Waals surface area contributed by atoms with E-state index in [2.05, 4.69) is 39.7 Å². The number of ether oxygens (including phenoxy) is 1. The largest absolute Gasteiger partial charge is 0.492 e. The molecular formula is C15H23BrN2O. The predicted octanol–water partition coefficient (Wildman–Crippen LogP) is 2.85. The molecule has 1 aromatic rings. The molecule has 0 N–H and O–H groups in total. The molecule has 0 bridgehead atoms. The third kappa shape index (κ3) is 4.79. The first-order valence-corrected chi connectivity index (χ1v) is 7.75. The van der Waals surface area contributed by atoms with E-state index in [0.717, 1.165) is 29.9 Å². The maximum atomic E-state index is 5.80. The van der Waals surface area contributed by atoms with E-state index in [1.807, 2.05) is 24.3 Å². The summed E-state index contributed by atoms with van der Waals surface area (Å²) in [6.07, 6.45) is 1.25. The summed E-state index contributed by atoms with van der Waals surface area (Å²) in [5.74, 6) is 0.947. The predicted molar refractivity (Wildman–Crippen MR) is 82.8 cm³/mol. The lowest BCUT2D eigenvalue weighted by atomic mass is 10.3. The van der Waals surface area contributed by atoms with Crippen molar-refractivity contribution >= 4 is 15.9 Å². The van der Waals surface area contributed by atoms with Gasteiger partial charge in [0.25, 0.3) is 0 Å². The summed E-state index contributed by atoms with van der Waals surface area (Å²) in [7, 11) is 2.21. The van der Waals surface area contributed by atoms with Crippen LogP contribution in [0.5, 0.6) is 5.75 Å². The van der Waals surface area contributed by atoms with E-state index < -0.39 is 0 Å². The van der Waals surface area contributed by atoms with E-state index in [1.54, 1.807) is 0 Å². The quantitative estimate of drug-likeness (QED) is 0.846. The third-order valence-corrected chi connectivity index (χ3v) is 4.17. The van der Waals surface area contributed by atoms with Gasteiger partial charge in [0.05, 0.1) is 0 Å². The first-order valence-electron chi connectivity index (χ1n) is 6.96. The molecule has 0 spiro atoms. The fraction of sp³-hybridized carbons (Fsp3) is 0.600. The van der Waals surface area contributed by atoms with Crippen LogP contribution < -0.4 is 4.74 Å². The Morgan fingerprint density at radius 2 is 2.00 bits per heavy atom. The first-order chi connectivity index (χ1) is 9.15. The molecule has 4 heteroatoms. The van der Waals surface area contributed by atoms with Gasteiger partial charge in [0.1, 0.15) is 12.4 Å². The van der Waals surface area contributed by atoms with Crippen molar-refractivity contribution in [3.05, 3.63) is 28.7 Å². The maximum Gasteiger partial charge on any atom is 0.119 e. The molecule has 1 unspecified atom stereocenters. The molecule has 0 radical (unpaired) electrons. The summed E-state index contributed by atoms with van der Waals surface area (Å²) in [6.45, 7) is 7.60. The van der Waals surface area contributed by atoms with Crippen LogP contribution in [-0.2, 0) is 0 Å². The number of likely N-dealkylation sites (N-methyl/N-ethyl adjacent to an activating group) is 1. The molecule has 0 amide bonds. The fourth-order valence-electron chi connectivity index (χ4n) is 2.57. The minimum absolute atomic E-state index is 0.612. The van der Waals surface area contributed by atoms with Crippen LogP contribution >= 0.6 is 15.9 Å². The minimum atomic E-state index is 0.612. The molecule has 0 aliphatic carbocycles. The highest BCUT2D eigenvalue weighted by atomic mass is 79.9. The van der Waals surface area contributed by atoms with Crippen LogP contribution in [-0.4, -0.2) is 55.7 Å². The highest BCUT2D eigenvalue weighted by molar-refractivity contribution is 9.10. The summed E-state index contributed by atoms with van der Waals surface area (Å²) in [5.41, 5.74) is 0. The zero-order chi connectivity index (χ0) is 13.7. The summed E-state index contributed by atoms with van der Waals surface area (Å²) < 4.78 is 6.89. The summed E-state index contributed by atoms with van der Waals surface area (Å²) in [4.78, 5) is 4.95. The van der Waals surface area contributed by atoms with E-state index in [0.29, 0.717) is 6.04 Å². The Morgan fingerprint density at radius 1 is 1.26 bits per heavy atom. The third-order valence-electron chi connectivity index (χ3n) is 3.65. The van der Waals surface area contributed by atoms with Gasteiger partial charge in [-0.1, -0.05) is 15.9 Å². The number of rotatable bonds is 4. The first kappa shape index (κ1) is 14.8. The molecule has 19 heavy (non-hydrogen) atoms. The van der Waals surface area contributed by atoms with Crippen molar-refractivity contribution in [3.8, 4) is 5.75 Å². The second-order valence-corrected chi connectivity index (χ2v) is 6.22. The highest BCUT2D eigenvalue weighted by Crippen LogP contribution is 2.16. The van der Waals surface area contributed by atoms with Gasteiger partial charge in [-0.15, -0.1) is 0 Å². The van der Waals surface area contributed by atoms with Crippen molar-refractivity contribution in [2.24, 2.45) is 0 Å². The number of benzene rings is 1. The van der Waals surface area contributed by atoms with Crippen molar-refractivity contribution in [3.63, 3.8) is 0 Å². The van der Waals surface area contributed by atoms with Gasteiger partial charge < -0.3 is 9.64 Å². The van der Waals surface area contributed by atoms with E-state index in [4.69, 9.17) is 4.74 Å². The molecule has 1 fully saturated rings. The number of hydrogen-bond acceptors (Lipinski definition) is 3. The lowest BCUT2D eigenvalue weighted by Crippen LogP contribution is -2.40. The standard InChI is InChI=1S/C15H23BrN2O/c1-13-12-17(2)8-3-9-18(13)10-11-19-15-6-4-14(16)5-7-15/h4-7,13H,3,8-12H2,1-2H3. The zero-order valence-electron chi connectivity index (χ0n) is 11.8. The molecule has 1 saturated heterocycles. The lowest BCUT2D eigenvalue weighted by molar-refractivity contribution is 0.166. The van der Waals surface area contributed by atoms with Gasteiger partial charge in [-0.05, 0) is 57.7 Å². The molecule has 106 valence electrons. The van der Waals surface area contributed by atoms with Crippen molar-refractivity contribution in [1.29, 1.82) is 0 Å². The molecule has 1 heterocycles. The second-order valence-electron chi connectivity index (χ2n) is 5.30. The average Bonchev–Trinajstić information content (AvgIpc) is 2.53. The maximum absolute atomic E-state index is 5.80. The Labute approximate surface area is 124 Å². The van der Waals surface area contributed by atoms with Crippen molar-refractivity contribution in [2.45, 2.75) is 19.4 Å². The molecule has 1 aromatic carbocycles. The monoisotopic (exact) mass is 326 g/mol. The molecule has 0 saturated carbocycles. The Balaban J connectivity index is 1.76. The smallest absolute Gasteiger partial charge is 0.119 e. The molecule has 1 aliphatic heterocycles. The normalized spacial score (nSPS) is 22.2. The van der Waals surface area contributed by atoms with Crippen molar-refractivity contribution in [2.75, 3.05) is 39.8 Å². The van der Waals surface area contributed by atoms with Gasteiger partial charge in [-0.3, -0.25) is 4.90 Å². The van der Waals surface area contributed by atoms with Gasteiger partial charge in [0.15, 0.2) is 0 Å². The van der Waals surface area contributed by atoms with Crippen LogP contribution in [0.1, 0.15) is 13.3 Å². The van der Waals surface area contributed by atoms with Gasteiger partial charge in [0, 0.05) is 23.6 Å². The summed E-state index contributed by atoms with van der Waals surface area (Å²) in [6, 6.07) is 8.64. The number of nitrogens with zero attached hydrogens (tertiary/aromatic N) is 2. The Morgan fingerprint density at radius 3 is 2.74 bits per heavy atom. The molecule has 3 nitrogen and oxygen atoms in total. The van der Waals surface area contributed by atoms with E-state index in [-0.39, 0.29) is 0 Å². The SMILES string of the molecule is CC1CN(C)CCCN1CCOc1ccc(Br)cc1. The van der Waals surface area contributed by atoms with E-state index in [9.17, 15) is 0 Å². The van der Waals surface area contributed by atoms with Gasteiger partial charge in [-0.25, -0.2) is 0 Å². The van der Waals surface area contributed by atoms with Crippen LogP contribution in [0.4, 0.5) is 0 Å². The zero-order valence-corrected chi connectivity index (χ0v) is 13.4. The highest BCUT2D eigenvalue weighted by Gasteiger charge is 2.18. The van der Waals surface area contributed by atoms with E-state index >= 15 is 0 Å². The van der Waals surface area contributed by atoms with Gasteiger partial charge in [-0.2, -0.15) is 0 Å². The molecule has 0 aromatic heterocycles. The van der Waals surface area contributed by atoms with Crippen LogP contribution in [0, 0.1) is 0 Å². The topological polar surface area (TPSA) is 15.7 Å². The van der Waals surface area contributed by atoms with E-state index in [1.165, 1.54) is 19.5 Å². The lowest BCUT2D eigenvalue weighted by Gasteiger charge is -2.27. The van der Waals surface area contributed by atoms with Gasteiger partial charge in [0.2, 0.25) is 0 Å². The minimum Gasteiger partial charge on any atom is -0.492 e. The fourth-order valence-corrected chi connectivity index (χ4v) is 2.83. The Hall–Kier alpha value is -0.580.